The molecule has 0 unspecified atom stereocenters. The first-order chi connectivity index (χ1) is 12.3. The molecule has 1 amide bonds. The molecular formula is C16H11ClF2N2O5. The van der Waals surface area contributed by atoms with E-state index in [1.54, 1.807) is 0 Å². The van der Waals surface area contributed by atoms with E-state index in [2.05, 4.69) is 5.32 Å². The lowest BCUT2D eigenvalue weighted by atomic mass is 10.2. The van der Waals surface area contributed by atoms with Crippen molar-refractivity contribution >= 4 is 29.2 Å². The second-order valence-electron chi connectivity index (χ2n) is 4.94. The lowest BCUT2D eigenvalue weighted by Gasteiger charge is -2.08. The van der Waals surface area contributed by atoms with Crippen LogP contribution in [0.1, 0.15) is 20.7 Å². The lowest BCUT2D eigenvalue weighted by Crippen LogP contribution is -2.28. The normalized spacial score (nSPS) is 10.3. The van der Waals surface area contributed by atoms with Crippen molar-refractivity contribution < 1.29 is 28.0 Å². The number of ether oxygens (including phenoxy) is 1. The third-order valence-electron chi connectivity index (χ3n) is 3.18. The van der Waals surface area contributed by atoms with Gasteiger partial charge in [0.05, 0.1) is 27.6 Å². The Balaban J connectivity index is 1.88. The van der Waals surface area contributed by atoms with E-state index < -0.39 is 34.0 Å². The Labute approximate surface area is 150 Å². The number of benzene rings is 2. The molecule has 0 aromatic heterocycles. The van der Waals surface area contributed by atoms with Crippen LogP contribution in [0.5, 0.6) is 0 Å². The molecule has 0 saturated heterocycles. The van der Waals surface area contributed by atoms with Gasteiger partial charge in [0.15, 0.2) is 0 Å². The van der Waals surface area contributed by atoms with Crippen LogP contribution in [0, 0.1) is 21.7 Å². The first kappa shape index (κ1) is 19.3. The number of rotatable bonds is 6. The molecule has 0 heterocycles. The van der Waals surface area contributed by atoms with Gasteiger partial charge in [-0.25, -0.2) is 13.6 Å². The predicted molar refractivity (Wildman–Crippen MR) is 87.1 cm³/mol. The van der Waals surface area contributed by atoms with Gasteiger partial charge in [-0.15, -0.1) is 0 Å². The second-order valence-corrected chi connectivity index (χ2v) is 5.34. The number of halogens is 3. The van der Waals surface area contributed by atoms with E-state index in [1.165, 1.54) is 6.07 Å². The maximum Gasteiger partial charge on any atom is 0.341 e. The molecular weight excluding hydrogens is 374 g/mol. The smallest absolute Gasteiger partial charge is 0.341 e. The van der Waals surface area contributed by atoms with Crippen LogP contribution in [0.15, 0.2) is 36.4 Å². The van der Waals surface area contributed by atoms with Crippen molar-refractivity contribution in [1.82, 2.24) is 5.32 Å². The monoisotopic (exact) mass is 384 g/mol. The van der Waals surface area contributed by atoms with Crippen LogP contribution in [0.2, 0.25) is 5.02 Å². The van der Waals surface area contributed by atoms with Gasteiger partial charge in [-0.1, -0.05) is 11.6 Å². The molecule has 1 N–H and O–H groups in total. The third-order valence-corrected chi connectivity index (χ3v) is 3.49. The van der Waals surface area contributed by atoms with Crippen molar-refractivity contribution in [3.63, 3.8) is 0 Å². The lowest BCUT2D eigenvalue weighted by molar-refractivity contribution is -0.384. The number of carbonyl (C=O) groups excluding carboxylic acids is 2. The quantitative estimate of drug-likeness (QED) is 0.357. The molecule has 0 fully saturated rings. The molecule has 26 heavy (non-hydrogen) atoms. The Morgan fingerprint density at radius 3 is 2.54 bits per heavy atom. The molecule has 0 bridgehead atoms. The number of nitrogens with zero attached hydrogens (tertiary/aromatic N) is 1. The van der Waals surface area contributed by atoms with Crippen LogP contribution in [-0.2, 0) is 4.74 Å². The standard InChI is InChI=1S/C16H11ClF2N2O5/c17-13-8-10(21(24)25)2-3-11(13)15(22)20-5-6-26-16(23)12-7-9(18)1-4-14(12)19/h1-4,7-8H,5-6H2,(H,20,22). The Hall–Kier alpha value is -3.07. The van der Waals surface area contributed by atoms with E-state index in [0.717, 1.165) is 24.3 Å². The van der Waals surface area contributed by atoms with Gasteiger partial charge in [-0.3, -0.25) is 14.9 Å². The molecule has 136 valence electrons. The van der Waals surface area contributed by atoms with Gasteiger partial charge in [0.2, 0.25) is 0 Å². The summed E-state index contributed by atoms with van der Waals surface area (Å²) in [7, 11) is 0. The van der Waals surface area contributed by atoms with Crippen LogP contribution >= 0.6 is 11.6 Å². The number of non-ortho nitro benzene ring substituents is 1. The van der Waals surface area contributed by atoms with E-state index in [4.69, 9.17) is 16.3 Å². The van der Waals surface area contributed by atoms with Crippen molar-refractivity contribution in [2.45, 2.75) is 0 Å². The Morgan fingerprint density at radius 2 is 1.88 bits per heavy atom. The Bertz CT molecular complexity index is 876. The highest BCUT2D eigenvalue weighted by molar-refractivity contribution is 6.34. The number of hydrogen-bond donors (Lipinski definition) is 1. The molecule has 0 spiro atoms. The summed E-state index contributed by atoms with van der Waals surface area (Å²) in [4.78, 5) is 33.6. The maximum atomic E-state index is 13.4. The van der Waals surface area contributed by atoms with Gasteiger partial charge >= 0.3 is 5.97 Å². The van der Waals surface area contributed by atoms with Gasteiger partial charge in [0.25, 0.3) is 11.6 Å². The van der Waals surface area contributed by atoms with Crippen molar-refractivity contribution in [1.29, 1.82) is 0 Å². The van der Waals surface area contributed by atoms with Crippen LogP contribution < -0.4 is 5.32 Å². The number of nitro groups is 1. The number of nitro benzene ring substituents is 1. The van der Waals surface area contributed by atoms with Crippen molar-refractivity contribution in [2.75, 3.05) is 13.2 Å². The molecule has 7 nitrogen and oxygen atoms in total. The van der Waals surface area contributed by atoms with Crippen LogP contribution in [0.4, 0.5) is 14.5 Å². The highest BCUT2D eigenvalue weighted by Crippen LogP contribution is 2.22. The average molecular weight is 385 g/mol. The minimum atomic E-state index is -1.08. The van der Waals surface area contributed by atoms with E-state index in [0.29, 0.717) is 6.07 Å². The molecule has 0 aliphatic heterocycles. The van der Waals surface area contributed by atoms with Gasteiger partial charge in [-0.05, 0) is 24.3 Å². The summed E-state index contributed by atoms with van der Waals surface area (Å²) in [6.07, 6.45) is 0. The largest absolute Gasteiger partial charge is 0.460 e. The number of esters is 1. The number of amides is 1. The van der Waals surface area contributed by atoms with E-state index in [1.807, 2.05) is 0 Å². The minimum Gasteiger partial charge on any atom is -0.460 e. The Morgan fingerprint density at radius 1 is 1.15 bits per heavy atom. The molecule has 0 saturated carbocycles. The zero-order valence-electron chi connectivity index (χ0n) is 13.0. The van der Waals surface area contributed by atoms with Gasteiger partial charge in [-0.2, -0.15) is 0 Å². The molecule has 0 aliphatic rings. The van der Waals surface area contributed by atoms with Crippen molar-refractivity contribution in [3.05, 3.63) is 74.3 Å². The molecule has 0 radical (unpaired) electrons. The first-order valence-corrected chi connectivity index (χ1v) is 7.51. The fourth-order valence-corrected chi connectivity index (χ4v) is 2.20. The second kappa shape index (κ2) is 8.34. The fourth-order valence-electron chi connectivity index (χ4n) is 1.94. The molecule has 2 aromatic rings. The molecule has 2 rings (SSSR count). The van der Waals surface area contributed by atoms with Crippen LogP contribution in [0.25, 0.3) is 0 Å². The molecule has 2 aromatic carbocycles. The minimum absolute atomic E-state index is 0.000215. The van der Waals surface area contributed by atoms with E-state index in [9.17, 15) is 28.5 Å². The first-order valence-electron chi connectivity index (χ1n) is 7.14. The third kappa shape index (κ3) is 4.73. The van der Waals surface area contributed by atoms with Crippen LogP contribution in [0.3, 0.4) is 0 Å². The summed E-state index contributed by atoms with van der Waals surface area (Å²) < 4.78 is 31.2. The van der Waals surface area contributed by atoms with Gasteiger partial charge in [0, 0.05) is 12.1 Å². The summed E-state index contributed by atoms with van der Waals surface area (Å²) in [6.45, 7) is -0.431. The summed E-state index contributed by atoms with van der Waals surface area (Å²) in [5.74, 6) is -3.44. The summed E-state index contributed by atoms with van der Waals surface area (Å²) in [5, 5.41) is 12.9. The zero-order valence-corrected chi connectivity index (χ0v) is 13.8. The maximum absolute atomic E-state index is 13.4. The molecule has 0 aliphatic carbocycles. The summed E-state index contributed by atoms with van der Waals surface area (Å²) >= 11 is 5.82. The topological polar surface area (TPSA) is 98.5 Å². The Kier molecular flexibility index (Phi) is 6.18. The number of hydrogen-bond acceptors (Lipinski definition) is 5. The SMILES string of the molecule is O=C(OCCNC(=O)c1ccc([N+](=O)[O-])cc1Cl)c1cc(F)ccc1F. The van der Waals surface area contributed by atoms with Crippen molar-refractivity contribution in [3.8, 4) is 0 Å². The van der Waals surface area contributed by atoms with Gasteiger partial charge in [0.1, 0.15) is 18.2 Å². The summed E-state index contributed by atoms with van der Waals surface area (Å²) in [5.41, 5.74) is -0.827. The van der Waals surface area contributed by atoms with E-state index in [-0.39, 0.29) is 29.4 Å². The fraction of sp³-hybridized carbons (Fsp3) is 0.125. The van der Waals surface area contributed by atoms with Gasteiger partial charge < -0.3 is 10.1 Å². The van der Waals surface area contributed by atoms with Crippen LogP contribution in [-0.4, -0.2) is 30.0 Å². The highest BCUT2D eigenvalue weighted by Gasteiger charge is 2.16. The van der Waals surface area contributed by atoms with E-state index >= 15 is 0 Å². The molecule has 10 heteroatoms. The zero-order chi connectivity index (χ0) is 19.3. The number of nitrogens with one attached hydrogen (secondary N) is 1. The van der Waals surface area contributed by atoms with Crippen molar-refractivity contribution in [2.24, 2.45) is 0 Å². The highest BCUT2D eigenvalue weighted by atomic mass is 35.5. The predicted octanol–water partition coefficient (Wildman–Crippen LogP) is 3.11. The number of carbonyl (C=O) groups is 2. The molecule has 0 atom stereocenters. The summed E-state index contributed by atoms with van der Waals surface area (Å²) in [6, 6.07) is 5.69. The average Bonchev–Trinajstić information content (AvgIpc) is 2.60.